The summed E-state index contributed by atoms with van der Waals surface area (Å²) in [6.07, 6.45) is 7.23. The van der Waals surface area contributed by atoms with Gasteiger partial charge in [0.2, 0.25) is 0 Å². The molecule has 0 aliphatic heterocycles. The highest BCUT2D eigenvalue weighted by atomic mass is 16.5. The number of hydrogen-bond donors (Lipinski definition) is 3. The summed E-state index contributed by atoms with van der Waals surface area (Å²) in [6, 6.07) is 8.59. The molecule has 2 aromatic rings. The second-order valence-corrected chi connectivity index (χ2v) is 6.91. The molecule has 1 aliphatic carbocycles. The summed E-state index contributed by atoms with van der Waals surface area (Å²) in [5.41, 5.74) is 0.485. The average Bonchev–Trinajstić information content (AvgIpc) is 3.22. The number of rotatable bonds is 7. The minimum absolute atomic E-state index is 0.0111. The number of carbonyl (C=O) groups excluding carboxylic acids is 2. The molecule has 8 nitrogen and oxygen atoms in total. The maximum Gasteiger partial charge on any atom is 0.313 e. The van der Waals surface area contributed by atoms with Crippen molar-refractivity contribution in [1.29, 1.82) is 0 Å². The number of benzene rings is 1. The quantitative estimate of drug-likeness (QED) is 0.627. The van der Waals surface area contributed by atoms with Crippen LogP contribution in [0.3, 0.4) is 0 Å². The minimum Gasteiger partial charge on any atom is -0.492 e. The molecule has 1 fully saturated rings. The van der Waals surface area contributed by atoms with Gasteiger partial charge < -0.3 is 20.5 Å². The number of ether oxygens (including phenoxy) is 1. The van der Waals surface area contributed by atoms with Crippen molar-refractivity contribution in [1.82, 2.24) is 15.1 Å². The van der Waals surface area contributed by atoms with Crippen molar-refractivity contribution in [2.75, 3.05) is 18.5 Å². The molecule has 0 bridgehead atoms. The van der Waals surface area contributed by atoms with Crippen LogP contribution in [0, 0.1) is 5.92 Å². The fraction of sp³-hybridized carbons (Fsp3) is 0.450. The molecule has 1 aromatic heterocycles. The molecule has 1 saturated carbocycles. The van der Waals surface area contributed by atoms with E-state index < -0.39 is 11.8 Å². The van der Waals surface area contributed by atoms with E-state index in [1.54, 1.807) is 35.1 Å². The Bertz CT molecular complexity index is 778. The van der Waals surface area contributed by atoms with E-state index in [0.717, 1.165) is 25.7 Å². The first-order valence-corrected chi connectivity index (χ1v) is 9.58. The van der Waals surface area contributed by atoms with Crippen LogP contribution in [0.25, 0.3) is 0 Å². The Morgan fingerprint density at radius 3 is 2.86 bits per heavy atom. The molecule has 3 rings (SSSR count). The molecular weight excluding hydrogens is 360 g/mol. The fourth-order valence-electron chi connectivity index (χ4n) is 3.39. The van der Waals surface area contributed by atoms with Crippen LogP contribution in [0.4, 0.5) is 5.69 Å². The van der Waals surface area contributed by atoms with Gasteiger partial charge in [-0.2, -0.15) is 5.10 Å². The first-order valence-electron chi connectivity index (χ1n) is 9.58. The molecule has 0 spiro atoms. The molecule has 2 amide bonds. The normalized spacial score (nSPS) is 19.0. The maximum atomic E-state index is 12.2. The molecule has 8 heteroatoms. The van der Waals surface area contributed by atoms with Gasteiger partial charge in [0.05, 0.1) is 6.54 Å². The Morgan fingerprint density at radius 1 is 1.21 bits per heavy atom. The van der Waals surface area contributed by atoms with Gasteiger partial charge in [-0.05, 0) is 31.0 Å². The van der Waals surface area contributed by atoms with E-state index in [4.69, 9.17) is 4.74 Å². The Balaban J connectivity index is 1.49. The first-order chi connectivity index (χ1) is 13.7. The van der Waals surface area contributed by atoms with Crippen LogP contribution < -0.4 is 15.4 Å². The van der Waals surface area contributed by atoms with E-state index in [0.29, 0.717) is 24.6 Å². The third-order valence-electron chi connectivity index (χ3n) is 4.91. The monoisotopic (exact) mass is 386 g/mol. The molecule has 1 aromatic carbocycles. The SMILES string of the molecule is O=C(Nc1cccc(OCCn2cccn2)c1)C(=O)NC1CCCCC1CO. The standard InChI is InChI=1S/C20H26N4O4/c25-14-15-5-1-2-8-18(15)23-20(27)19(26)22-16-6-3-7-17(13-16)28-12-11-24-10-4-9-21-24/h3-4,6-7,9-10,13,15,18,25H,1-2,5,8,11-12,14H2,(H,22,26)(H,23,27). The number of nitrogens with zero attached hydrogens (tertiary/aromatic N) is 2. The zero-order valence-electron chi connectivity index (χ0n) is 15.7. The summed E-state index contributed by atoms with van der Waals surface area (Å²) in [5.74, 6) is -0.804. The van der Waals surface area contributed by atoms with Gasteiger partial charge in [0.1, 0.15) is 12.4 Å². The summed E-state index contributed by atoms with van der Waals surface area (Å²) in [4.78, 5) is 24.4. The van der Waals surface area contributed by atoms with Gasteiger partial charge >= 0.3 is 11.8 Å². The van der Waals surface area contributed by atoms with Gasteiger partial charge in [-0.25, -0.2) is 0 Å². The van der Waals surface area contributed by atoms with Gasteiger partial charge in [0, 0.05) is 42.7 Å². The van der Waals surface area contributed by atoms with E-state index in [2.05, 4.69) is 15.7 Å². The molecule has 1 aliphatic rings. The smallest absolute Gasteiger partial charge is 0.313 e. The topological polar surface area (TPSA) is 105 Å². The first kappa shape index (κ1) is 19.9. The minimum atomic E-state index is -0.726. The van der Waals surface area contributed by atoms with Crippen LogP contribution in [0.5, 0.6) is 5.75 Å². The molecule has 2 atom stereocenters. The van der Waals surface area contributed by atoms with E-state index in [-0.39, 0.29) is 18.6 Å². The van der Waals surface area contributed by atoms with Gasteiger partial charge in [0.15, 0.2) is 0 Å². The van der Waals surface area contributed by atoms with Crippen LogP contribution in [-0.2, 0) is 16.1 Å². The number of carbonyl (C=O) groups is 2. The molecular formula is C20H26N4O4. The van der Waals surface area contributed by atoms with E-state index in [1.165, 1.54) is 0 Å². The predicted molar refractivity (Wildman–Crippen MR) is 104 cm³/mol. The highest BCUT2D eigenvalue weighted by molar-refractivity contribution is 6.39. The van der Waals surface area contributed by atoms with Gasteiger partial charge in [-0.1, -0.05) is 18.9 Å². The molecule has 2 unspecified atom stereocenters. The van der Waals surface area contributed by atoms with Crippen LogP contribution >= 0.6 is 0 Å². The summed E-state index contributed by atoms with van der Waals surface area (Å²) >= 11 is 0. The van der Waals surface area contributed by atoms with Crippen molar-refractivity contribution in [3.8, 4) is 5.75 Å². The number of aromatic nitrogens is 2. The number of amides is 2. The third kappa shape index (κ3) is 5.56. The lowest BCUT2D eigenvalue weighted by Gasteiger charge is -2.30. The molecule has 150 valence electrons. The predicted octanol–water partition coefficient (Wildman–Crippen LogP) is 1.57. The summed E-state index contributed by atoms with van der Waals surface area (Å²) < 4.78 is 7.44. The maximum absolute atomic E-state index is 12.2. The van der Waals surface area contributed by atoms with Crippen molar-refractivity contribution < 1.29 is 19.4 Å². The zero-order valence-corrected chi connectivity index (χ0v) is 15.7. The lowest BCUT2D eigenvalue weighted by molar-refractivity contribution is -0.137. The van der Waals surface area contributed by atoms with Crippen molar-refractivity contribution in [3.63, 3.8) is 0 Å². The number of hydrogen-bond acceptors (Lipinski definition) is 5. The fourth-order valence-corrected chi connectivity index (χ4v) is 3.39. The average molecular weight is 386 g/mol. The van der Waals surface area contributed by atoms with E-state index in [9.17, 15) is 14.7 Å². The second kappa shape index (κ2) is 9.89. The van der Waals surface area contributed by atoms with E-state index >= 15 is 0 Å². The molecule has 0 radical (unpaired) electrons. The lowest BCUT2D eigenvalue weighted by atomic mass is 9.85. The summed E-state index contributed by atoms with van der Waals surface area (Å²) in [7, 11) is 0. The molecule has 1 heterocycles. The lowest BCUT2D eigenvalue weighted by Crippen LogP contribution is -2.47. The van der Waals surface area contributed by atoms with Crippen LogP contribution in [0.2, 0.25) is 0 Å². The van der Waals surface area contributed by atoms with Crippen LogP contribution in [0.1, 0.15) is 25.7 Å². The number of nitrogens with one attached hydrogen (secondary N) is 2. The highest BCUT2D eigenvalue weighted by Crippen LogP contribution is 2.24. The van der Waals surface area contributed by atoms with Gasteiger partial charge in [0.25, 0.3) is 0 Å². The van der Waals surface area contributed by atoms with Gasteiger partial charge in [-0.15, -0.1) is 0 Å². The Labute approximate surface area is 163 Å². The molecule has 28 heavy (non-hydrogen) atoms. The molecule has 0 saturated heterocycles. The Kier molecular flexibility index (Phi) is 7.02. The van der Waals surface area contributed by atoms with Gasteiger partial charge in [-0.3, -0.25) is 14.3 Å². The second-order valence-electron chi connectivity index (χ2n) is 6.91. The Morgan fingerprint density at radius 2 is 2.07 bits per heavy atom. The van der Waals surface area contributed by atoms with Crippen molar-refractivity contribution in [2.45, 2.75) is 38.3 Å². The van der Waals surface area contributed by atoms with Crippen LogP contribution in [-0.4, -0.2) is 46.0 Å². The third-order valence-corrected chi connectivity index (χ3v) is 4.91. The Hall–Kier alpha value is -2.87. The van der Waals surface area contributed by atoms with Crippen molar-refractivity contribution in [3.05, 3.63) is 42.7 Å². The summed E-state index contributed by atoms with van der Waals surface area (Å²) in [5, 5.41) is 18.9. The van der Waals surface area contributed by atoms with E-state index in [1.807, 2.05) is 12.3 Å². The largest absolute Gasteiger partial charge is 0.492 e. The summed E-state index contributed by atoms with van der Waals surface area (Å²) in [6.45, 7) is 1.06. The zero-order chi connectivity index (χ0) is 19.8. The number of aliphatic hydroxyl groups is 1. The highest BCUT2D eigenvalue weighted by Gasteiger charge is 2.27. The number of aliphatic hydroxyl groups excluding tert-OH is 1. The van der Waals surface area contributed by atoms with Crippen molar-refractivity contribution in [2.24, 2.45) is 5.92 Å². The van der Waals surface area contributed by atoms with Crippen LogP contribution in [0.15, 0.2) is 42.7 Å². The van der Waals surface area contributed by atoms with Crippen molar-refractivity contribution >= 4 is 17.5 Å². The molecule has 3 N–H and O–H groups in total. The number of anilines is 1.